The number of nitrogens with one attached hydrogen (secondary N) is 1. The zero-order chi connectivity index (χ0) is 15.3. The van der Waals surface area contributed by atoms with Gasteiger partial charge in [-0.15, -0.1) is 13.2 Å². The number of halogens is 3. The van der Waals surface area contributed by atoms with Gasteiger partial charge >= 0.3 is 6.36 Å². The molecule has 1 N–H and O–H groups in total. The fourth-order valence-electron chi connectivity index (χ4n) is 2.25. The van der Waals surface area contributed by atoms with Crippen LogP contribution in [0.5, 0.6) is 5.75 Å². The van der Waals surface area contributed by atoms with E-state index in [1.54, 1.807) is 12.1 Å². The Hall–Kier alpha value is -1.53. The topological polar surface area (TPSA) is 30.5 Å². The Bertz CT molecular complexity index is 477. The lowest BCUT2D eigenvalue weighted by Gasteiger charge is -2.24. The van der Waals surface area contributed by atoms with Crippen molar-refractivity contribution in [2.75, 3.05) is 19.8 Å². The van der Waals surface area contributed by atoms with Gasteiger partial charge in [0.2, 0.25) is 0 Å². The van der Waals surface area contributed by atoms with Gasteiger partial charge in [0, 0.05) is 12.6 Å². The van der Waals surface area contributed by atoms with Gasteiger partial charge in [0.25, 0.3) is 0 Å². The molecule has 1 aromatic carbocycles. The molecule has 1 heterocycles. The second-order valence-corrected chi connectivity index (χ2v) is 5.04. The van der Waals surface area contributed by atoms with Gasteiger partial charge < -0.3 is 14.8 Å². The molecule has 3 nitrogen and oxygen atoms in total. The molecule has 0 saturated carbocycles. The van der Waals surface area contributed by atoms with Gasteiger partial charge in [0.15, 0.2) is 0 Å². The minimum absolute atomic E-state index is 0.209. The van der Waals surface area contributed by atoms with Gasteiger partial charge in [-0.2, -0.15) is 0 Å². The smallest absolute Gasteiger partial charge is 0.406 e. The Labute approximate surface area is 121 Å². The molecule has 2 rings (SSSR count). The summed E-state index contributed by atoms with van der Waals surface area (Å²) in [4.78, 5) is 0. The van der Waals surface area contributed by atoms with Crippen LogP contribution in [0.1, 0.15) is 18.9 Å². The van der Waals surface area contributed by atoms with Gasteiger partial charge in [-0.05, 0) is 31.0 Å². The standard InChI is InChI=1S/C15H18F3NO2/c1-11(9-13-10-20-7-6-19-13)8-12-2-4-14(5-3-12)21-15(16,17)18/h2-5,8,13,19H,6-7,9-10H2,1H3/b11-8-. The molecular weight excluding hydrogens is 283 g/mol. The number of morpholine rings is 1. The second-order valence-electron chi connectivity index (χ2n) is 5.04. The predicted molar refractivity (Wildman–Crippen MR) is 74.0 cm³/mol. The van der Waals surface area contributed by atoms with E-state index in [-0.39, 0.29) is 5.75 Å². The first-order chi connectivity index (χ1) is 9.92. The third-order valence-corrected chi connectivity index (χ3v) is 3.09. The lowest BCUT2D eigenvalue weighted by molar-refractivity contribution is -0.274. The molecule has 6 heteroatoms. The molecule has 0 spiro atoms. The van der Waals surface area contributed by atoms with Crippen LogP contribution in [0, 0.1) is 0 Å². The van der Waals surface area contributed by atoms with E-state index >= 15 is 0 Å². The molecule has 0 radical (unpaired) electrons. The molecule has 1 aliphatic heterocycles. The zero-order valence-corrected chi connectivity index (χ0v) is 11.7. The summed E-state index contributed by atoms with van der Waals surface area (Å²) in [6, 6.07) is 6.14. The summed E-state index contributed by atoms with van der Waals surface area (Å²) >= 11 is 0. The zero-order valence-electron chi connectivity index (χ0n) is 11.7. The molecule has 1 atom stereocenters. The molecule has 1 fully saturated rings. The summed E-state index contributed by atoms with van der Waals surface area (Å²) in [5.41, 5.74) is 1.99. The first kappa shape index (κ1) is 15.9. The number of hydrogen-bond donors (Lipinski definition) is 1. The molecule has 1 aromatic rings. The number of ether oxygens (including phenoxy) is 2. The summed E-state index contributed by atoms with van der Waals surface area (Å²) in [5, 5.41) is 3.36. The van der Waals surface area contributed by atoms with Crippen molar-refractivity contribution in [2.45, 2.75) is 25.7 Å². The van der Waals surface area contributed by atoms with Gasteiger partial charge in [-0.3, -0.25) is 0 Å². The Morgan fingerprint density at radius 3 is 2.67 bits per heavy atom. The molecule has 1 aliphatic rings. The molecule has 0 bridgehead atoms. The minimum atomic E-state index is -4.65. The highest BCUT2D eigenvalue weighted by molar-refractivity contribution is 5.53. The molecule has 21 heavy (non-hydrogen) atoms. The SMILES string of the molecule is C/C(=C/c1ccc(OC(F)(F)F)cc1)CC1COCCN1. The Kier molecular flexibility index (Phi) is 5.25. The van der Waals surface area contributed by atoms with E-state index in [0.29, 0.717) is 12.6 Å². The average molecular weight is 301 g/mol. The van der Waals surface area contributed by atoms with E-state index < -0.39 is 6.36 Å². The number of hydrogen-bond acceptors (Lipinski definition) is 3. The lowest BCUT2D eigenvalue weighted by atomic mass is 10.0. The van der Waals surface area contributed by atoms with Crippen molar-refractivity contribution >= 4 is 6.08 Å². The van der Waals surface area contributed by atoms with Crippen LogP contribution in [0.2, 0.25) is 0 Å². The second kappa shape index (κ2) is 6.95. The maximum Gasteiger partial charge on any atom is 0.573 e. The first-order valence-electron chi connectivity index (χ1n) is 6.76. The van der Waals surface area contributed by atoms with Crippen LogP contribution in [-0.4, -0.2) is 32.2 Å². The molecule has 0 aromatic heterocycles. The summed E-state index contributed by atoms with van der Waals surface area (Å²) in [5.74, 6) is -0.209. The normalized spacial score (nSPS) is 20.4. The molecule has 1 unspecified atom stereocenters. The molecular formula is C15H18F3NO2. The van der Waals surface area contributed by atoms with E-state index in [2.05, 4.69) is 10.1 Å². The average Bonchev–Trinajstić information content (AvgIpc) is 2.40. The maximum atomic E-state index is 12.1. The van der Waals surface area contributed by atoms with Crippen LogP contribution in [-0.2, 0) is 4.74 Å². The van der Waals surface area contributed by atoms with Crippen molar-refractivity contribution < 1.29 is 22.6 Å². The fourth-order valence-corrected chi connectivity index (χ4v) is 2.25. The van der Waals surface area contributed by atoms with E-state index in [0.717, 1.165) is 30.7 Å². The molecule has 1 saturated heterocycles. The predicted octanol–water partition coefficient (Wildman–Crippen LogP) is 3.37. The summed E-state index contributed by atoms with van der Waals surface area (Å²) in [7, 11) is 0. The largest absolute Gasteiger partial charge is 0.573 e. The van der Waals surface area contributed by atoms with Crippen molar-refractivity contribution in [3.63, 3.8) is 0 Å². The van der Waals surface area contributed by atoms with Crippen LogP contribution in [0.25, 0.3) is 6.08 Å². The third kappa shape index (κ3) is 5.77. The molecule has 0 amide bonds. The van der Waals surface area contributed by atoms with E-state index in [1.807, 2.05) is 13.0 Å². The van der Waals surface area contributed by atoms with E-state index in [1.165, 1.54) is 12.1 Å². The van der Waals surface area contributed by atoms with Crippen molar-refractivity contribution in [3.8, 4) is 5.75 Å². The van der Waals surface area contributed by atoms with Gasteiger partial charge in [0.1, 0.15) is 5.75 Å². The highest BCUT2D eigenvalue weighted by atomic mass is 19.4. The maximum absolute atomic E-state index is 12.1. The fraction of sp³-hybridized carbons (Fsp3) is 0.467. The number of alkyl halides is 3. The highest BCUT2D eigenvalue weighted by Crippen LogP contribution is 2.23. The van der Waals surface area contributed by atoms with Crippen LogP contribution < -0.4 is 10.1 Å². The van der Waals surface area contributed by atoms with Crippen molar-refractivity contribution in [1.82, 2.24) is 5.32 Å². The quantitative estimate of drug-likeness (QED) is 0.925. The Morgan fingerprint density at radius 1 is 1.38 bits per heavy atom. The first-order valence-corrected chi connectivity index (χ1v) is 6.76. The van der Waals surface area contributed by atoms with Crippen LogP contribution in [0.3, 0.4) is 0 Å². The van der Waals surface area contributed by atoms with Crippen molar-refractivity contribution in [2.24, 2.45) is 0 Å². The van der Waals surface area contributed by atoms with Crippen LogP contribution in [0.4, 0.5) is 13.2 Å². The van der Waals surface area contributed by atoms with E-state index in [9.17, 15) is 13.2 Å². The van der Waals surface area contributed by atoms with Crippen LogP contribution in [0.15, 0.2) is 29.8 Å². The summed E-state index contributed by atoms with van der Waals surface area (Å²) in [6.45, 7) is 4.27. The number of benzene rings is 1. The lowest BCUT2D eigenvalue weighted by Crippen LogP contribution is -2.41. The minimum Gasteiger partial charge on any atom is -0.406 e. The van der Waals surface area contributed by atoms with Crippen LogP contribution >= 0.6 is 0 Å². The third-order valence-electron chi connectivity index (χ3n) is 3.09. The summed E-state index contributed by atoms with van der Waals surface area (Å²) in [6.07, 6.45) is -1.85. The van der Waals surface area contributed by atoms with Crippen molar-refractivity contribution in [3.05, 3.63) is 35.4 Å². The van der Waals surface area contributed by atoms with E-state index in [4.69, 9.17) is 4.74 Å². The summed E-state index contributed by atoms with van der Waals surface area (Å²) < 4.78 is 45.4. The Balaban J connectivity index is 1.93. The van der Waals surface area contributed by atoms with Crippen molar-refractivity contribution in [1.29, 1.82) is 0 Å². The van der Waals surface area contributed by atoms with Gasteiger partial charge in [0.05, 0.1) is 13.2 Å². The van der Waals surface area contributed by atoms with Gasteiger partial charge in [-0.25, -0.2) is 0 Å². The molecule has 0 aliphatic carbocycles. The Morgan fingerprint density at radius 2 is 2.10 bits per heavy atom. The highest BCUT2D eigenvalue weighted by Gasteiger charge is 2.30. The molecule has 116 valence electrons. The number of rotatable bonds is 4. The monoisotopic (exact) mass is 301 g/mol. The van der Waals surface area contributed by atoms with Gasteiger partial charge in [-0.1, -0.05) is 23.8 Å².